The van der Waals surface area contributed by atoms with Crippen LogP contribution in [0.2, 0.25) is 0 Å². The number of nitrogens with one attached hydrogen (secondary N) is 1. The standard InChI is InChI=1S/C22H35N3O4S/c1-17(26)25-15-7-10-21(23-30(27,28)24(2)3)22(25)16-29-20-13-11-19(12-14-20)18-8-5-4-6-9-18/h4-6,8-9,19-23H,7,10-16H2,1-3H3/t19?,20?,21-,22-/m0/s1. The number of piperidine rings is 1. The minimum atomic E-state index is -3.57. The van der Waals surface area contributed by atoms with Crippen molar-refractivity contribution < 1.29 is 17.9 Å². The van der Waals surface area contributed by atoms with Gasteiger partial charge in [-0.2, -0.15) is 17.4 Å². The summed E-state index contributed by atoms with van der Waals surface area (Å²) in [6.45, 7) is 2.55. The number of nitrogens with zero attached hydrogens (tertiary/aromatic N) is 2. The number of hydrogen-bond acceptors (Lipinski definition) is 4. The first-order valence-electron chi connectivity index (χ1n) is 10.9. The highest BCUT2D eigenvalue weighted by Gasteiger charge is 2.36. The number of carbonyl (C=O) groups excluding carboxylic acids is 1. The normalized spacial score (nSPS) is 27.9. The van der Waals surface area contributed by atoms with E-state index in [0.29, 0.717) is 25.5 Å². The maximum atomic E-state index is 12.4. The summed E-state index contributed by atoms with van der Waals surface area (Å²) < 4.78 is 34.9. The molecule has 1 aromatic carbocycles. The molecule has 0 aromatic heterocycles. The summed E-state index contributed by atoms with van der Waals surface area (Å²) in [6.07, 6.45) is 5.79. The Labute approximate surface area is 180 Å². The van der Waals surface area contributed by atoms with Crippen molar-refractivity contribution >= 4 is 16.1 Å². The molecule has 1 N–H and O–H groups in total. The molecule has 1 aromatic rings. The zero-order valence-electron chi connectivity index (χ0n) is 18.3. The van der Waals surface area contributed by atoms with Gasteiger partial charge in [0.15, 0.2) is 0 Å². The van der Waals surface area contributed by atoms with Gasteiger partial charge in [-0.15, -0.1) is 0 Å². The van der Waals surface area contributed by atoms with E-state index in [-0.39, 0.29) is 24.1 Å². The Bertz CT molecular complexity index is 792. The fourth-order valence-corrected chi connectivity index (χ4v) is 5.48. The Hall–Kier alpha value is -1.48. The molecular weight excluding hydrogens is 402 g/mol. The molecule has 1 amide bonds. The number of hydrogen-bond donors (Lipinski definition) is 1. The highest BCUT2D eigenvalue weighted by atomic mass is 32.2. The van der Waals surface area contributed by atoms with Gasteiger partial charge in [-0.25, -0.2) is 0 Å². The molecule has 1 heterocycles. The maximum Gasteiger partial charge on any atom is 0.279 e. The molecule has 1 saturated heterocycles. The maximum absolute atomic E-state index is 12.4. The third-order valence-electron chi connectivity index (χ3n) is 6.41. The molecule has 30 heavy (non-hydrogen) atoms. The van der Waals surface area contributed by atoms with Crippen LogP contribution in [0.1, 0.15) is 56.9 Å². The number of ether oxygens (including phenoxy) is 1. The minimum absolute atomic E-state index is 0.0369. The third kappa shape index (κ3) is 5.81. The van der Waals surface area contributed by atoms with Gasteiger partial charge < -0.3 is 9.64 Å². The Balaban J connectivity index is 1.59. The minimum Gasteiger partial charge on any atom is -0.376 e. The van der Waals surface area contributed by atoms with Crippen LogP contribution in [0.4, 0.5) is 0 Å². The summed E-state index contributed by atoms with van der Waals surface area (Å²) in [7, 11) is -0.562. The molecule has 1 aliphatic carbocycles. The third-order valence-corrected chi connectivity index (χ3v) is 7.97. The van der Waals surface area contributed by atoms with Gasteiger partial charge in [0, 0.05) is 33.6 Å². The molecule has 7 nitrogen and oxygen atoms in total. The number of carbonyl (C=O) groups is 1. The van der Waals surface area contributed by atoms with Crippen LogP contribution in [0.5, 0.6) is 0 Å². The number of amides is 1. The van der Waals surface area contributed by atoms with Crippen molar-refractivity contribution in [1.82, 2.24) is 13.9 Å². The quantitative estimate of drug-likeness (QED) is 0.711. The van der Waals surface area contributed by atoms with Crippen molar-refractivity contribution in [1.29, 1.82) is 0 Å². The Morgan fingerprint density at radius 3 is 2.40 bits per heavy atom. The fraction of sp³-hybridized carbons (Fsp3) is 0.682. The van der Waals surface area contributed by atoms with E-state index < -0.39 is 10.2 Å². The molecule has 2 fully saturated rings. The van der Waals surface area contributed by atoms with Crippen LogP contribution in [0.25, 0.3) is 0 Å². The summed E-state index contributed by atoms with van der Waals surface area (Å²) in [6, 6.07) is 10.00. The Kier molecular flexibility index (Phi) is 7.90. The Morgan fingerprint density at radius 2 is 1.80 bits per heavy atom. The first-order valence-corrected chi connectivity index (χ1v) is 12.4. The van der Waals surface area contributed by atoms with Gasteiger partial charge in [0.1, 0.15) is 0 Å². The van der Waals surface area contributed by atoms with Crippen LogP contribution >= 0.6 is 0 Å². The lowest BCUT2D eigenvalue weighted by Gasteiger charge is -2.42. The summed E-state index contributed by atoms with van der Waals surface area (Å²) in [5.74, 6) is 0.541. The second-order valence-corrected chi connectivity index (χ2v) is 10.6. The summed E-state index contributed by atoms with van der Waals surface area (Å²) in [5, 5.41) is 0. The van der Waals surface area contributed by atoms with Crippen LogP contribution in [0.3, 0.4) is 0 Å². The smallest absolute Gasteiger partial charge is 0.279 e. The van der Waals surface area contributed by atoms with Gasteiger partial charge in [0.25, 0.3) is 10.2 Å². The molecule has 0 unspecified atom stereocenters. The molecule has 2 aliphatic rings. The van der Waals surface area contributed by atoms with E-state index in [1.165, 1.54) is 24.0 Å². The lowest BCUT2D eigenvalue weighted by molar-refractivity contribution is -0.136. The highest BCUT2D eigenvalue weighted by molar-refractivity contribution is 7.87. The average Bonchev–Trinajstić information content (AvgIpc) is 2.73. The Morgan fingerprint density at radius 1 is 1.13 bits per heavy atom. The lowest BCUT2D eigenvalue weighted by Crippen LogP contribution is -2.59. The zero-order valence-corrected chi connectivity index (χ0v) is 19.1. The lowest BCUT2D eigenvalue weighted by atomic mass is 9.83. The van der Waals surface area contributed by atoms with Crippen molar-refractivity contribution in [2.45, 2.75) is 69.6 Å². The molecule has 0 bridgehead atoms. The first-order chi connectivity index (χ1) is 14.3. The van der Waals surface area contributed by atoms with E-state index >= 15 is 0 Å². The molecule has 1 saturated carbocycles. The number of likely N-dealkylation sites (tertiary alicyclic amines) is 1. The van der Waals surface area contributed by atoms with Crippen LogP contribution in [0.15, 0.2) is 30.3 Å². The SMILES string of the molecule is CC(=O)N1CCC[C@H](NS(=O)(=O)N(C)C)[C@@H]1COC1CCC(c2ccccc2)CC1. The molecular formula is C22H35N3O4S. The first kappa shape index (κ1) is 23.2. The molecule has 8 heteroatoms. The van der Waals surface area contributed by atoms with E-state index in [1.54, 1.807) is 11.8 Å². The summed E-state index contributed by atoms with van der Waals surface area (Å²) in [4.78, 5) is 14.0. The van der Waals surface area contributed by atoms with E-state index in [0.717, 1.165) is 32.1 Å². The predicted octanol–water partition coefficient (Wildman–Crippen LogP) is 2.50. The van der Waals surface area contributed by atoms with Crippen molar-refractivity contribution in [3.8, 4) is 0 Å². The molecule has 3 rings (SSSR count). The van der Waals surface area contributed by atoms with E-state index in [2.05, 4.69) is 29.0 Å². The molecule has 168 valence electrons. The number of benzene rings is 1. The van der Waals surface area contributed by atoms with Gasteiger partial charge in [-0.05, 0) is 50.0 Å². The zero-order chi connectivity index (χ0) is 21.7. The molecule has 0 radical (unpaired) electrons. The topological polar surface area (TPSA) is 79.0 Å². The van der Waals surface area contributed by atoms with Gasteiger partial charge in [-0.1, -0.05) is 30.3 Å². The summed E-state index contributed by atoms with van der Waals surface area (Å²) >= 11 is 0. The second-order valence-electron chi connectivity index (χ2n) is 8.65. The van der Waals surface area contributed by atoms with Crippen molar-refractivity contribution in [2.75, 3.05) is 27.2 Å². The summed E-state index contributed by atoms with van der Waals surface area (Å²) in [5.41, 5.74) is 1.39. The van der Waals surface area contributed by atoms with E-state index in [9.17, 15) is 13.2 Å². The largest absolute Gasteiger partial charge is 0.376 e. The highest BCUT2D eigenvalue weighted by Crippen LogP contribution is 2.34. The van der Waals surface area contributed by atoms with Gasteiger partial charge >= 0.3 is 0 Å². The van der Waals surface area contributed by atoms with Crippen molar-refractivity contribution in [3.05, 3.63) is 35.9 Å². The van der Waals surface area contributed by atoms with Crippen molar-refractivity contribution in [3.63, 3.8) is 0 Å². The van der Waals surface area contributed by atoms with Gasteiger partial charge in [0.05, 0.1) is 18.8 Å². The monoisotopic (exact) mass is 437 g/mol. The van der Waals surface area contributed by atoms with Gasteiger partial charge in [0.2, 0.25) is 5.91 Å². The fourth-order valence-electron chi connectivity index (χ4n) is 4.61. The van der Waals surface area contributed by atoms with E-state index in [4.69, 9.17) is 4.74 Å². The van der Waals surface area contributed by atoms with E-state index in [1.807, 2.05) is 6.07 Å². The second kappa shape index (κ2) is 10.2. The van der Waals surface area contributed by atoms with Crippen LogP contribution in [-0.4, -0.2) is 69.0 Å². The molecule has 1 aliphatic heterocycles. The van der Waals surface area contributed by atoms with Crippen molar-refractivity contribution in [2.24, 2.45) is 0 Å². The van der Waals surface area contributed by atoms with Gasteiger partial charge in [-0.3, -0.25) is 4.79 Å². The van der Waals surface area contributed by atoms with Crippen LogP contribution in [0, 0.1) is 0 Å². The van der Waals surface area contributed by atoms with Crippen LogP contribution in [-0.2, 0) is 19.7 Å². The average molecular weight is 438 g/mol. The van der Waals surface area contributed by atoms with Crippen LogP contribution < -0.4 is 4.72 Å². The number of rotatable bonds is 7. The molecule has 2 atom stereocenters. The predicted molar refractivity (Wildman–Crippen MR) is 117 cm³/mol. The molecule has 0 spiro atoms.